The van der Waals surface area contributed by atoms with Crippen LogP contribution < -0.4 is 0 Å². The van der Waals surface area contributed by atoms with Gasteiger partial charge >= 0.3 is 11.9 Å². The summed E-state index contributed by atoms with van der Waals surface area (Å²) in [5.41, 5.74) is -0.991. The second-order valence-corrected chi connectivity index (χ2v) is 15.5. The van der Waals surface area contributed by atoms with E-state index in [2.05, 4.69) is 41.5 Å². The Kier molecular flexibility index (Phi) is 31.4. The third-order valence-electron chi connectivity index (χ3n) is 10.2. The minimum Gasteiger partial charge on any atom is -0.459 e. The van der Waals surface area contributed by atoms with Crippen LogP contribution in [0.4, 0.5) is 0 Å². The summed E-state index contributed by atoms with van der Waals surface area (Å²) in [4.78, 5) is 26.3. The molecule has 0 amide bonds. The lowest BCUT2D eigenvalue weighted by molar-refractivity contribution is -0.171. The van der Waals surface area contributed by atoms with E-state index in [9.17, 15) is 9.59 Å². The van der Waals surface area contributed by atoms with E-state index in [-0.39, 0.29) is 6.42 Å². The molecule has 4 nitrogen and oxygen atoms in total. The molecule has 0 aromatic heterocycles. The van der Waals surface area contributed by atoms with E-state index in [1.807, 2.05) is 0 Å². The Hall–Kier alpha value is -1.06. The summed E-state index contributed by atoms with van der Waals surface area (Å²) >= 11 is 0. The van der Waals surface area contributed by atoms with Gasteiger partial charge in [0.25, 0.3) is 0 Å². The van der Waals surface area contributed by atoms with E-state index >= 15 is 0 Å². The molecule has 0 spiro atoms. The Bertz CT molecular complexity index is 648. The lowest BCUT2D eigenvalue weighted by Crippen LogP contribution is -2.35. The van der Waals surface area contributed by atoms with Crippen molar-refractivity contribution in [3.8, 4) is 0 Å². The molecular weight excluding hydrogens is 580 g/mol. The molecule has 4 heteroatoms. The van der Waals surface area contributed by atoms with Gasteiger partial charge in [0.2, 0.25) is 0 Å². The molecule has 0 N–H and O–H groups in total. The molecule has 2 unspecified atom stereocenters. The van der Waals surface area contributed by atoms with Crippen LogP contribution in [-0.4, -0.2) is 23.1 Å². The van der Waals surface area contributed by atoms with Crippen LogP contribution in [0.3, 0.4) is 0 Å². The van der Waals surface area contributed by atoms with Crippen molar-refractivity contribution in [2.24, 2.45) is 0 Å². The molecule has 0 heterocycles. The predicted molar refractivity (Wildman–Crippen MR) is 204 cm³/mol. The SMILES string of the molecule is CCCCCCCCCCCCC(C)(CCCCCC)OC(=O)CC(=O)OC(C)(CCCCCC)CCCCCCCCCCCC. The van der Waals surface area contributed by atoms with Crippen molar-refractivity contribution in [1.82, 2.24) is 0 Å². The van der Waals surface area contributed by atoms with Crippen molar-refractivity contribution in [2.45, 2.75) is 265 Å². The van der Waals surface area contributed by atoms with Gasteiger partial charge in [0.05, 0.1) is 0 Å². The van der Waals surface area contributed by atoms with Crippen molar-refractivity contribution < 1.29 is 19.1 Å². The van der Waals surface area contributed by atoms with E-state index in [4.69, 9.17) is 9.47 Å². The third kappa shape index (κ3) is 29.6. The zero-order chi connectivity index (χ0) is 34.9. The van der Waals surface area contributed by atoms with Gasteiger partial charge < -0.3 is 9.47 Å². The Morgan fingerprint density at radius 2 is 0.532 bits per heavy atom. The van der Waals surface area contributed by atoms with Gasteiger partial charge in [-0.15, -0.1) is 0 Å². The zero-order valence-electron chi connectivity index (χ0n) is 33.0. The number of carbonyl (C=O) groups excluding carboxylic acids is 2. The molecule has 47 heavy (non-hydrogen) atoms. The normalized spacial score (nSPS) is 14.1. The number of hydrogen-bond acceptors (Lipinski definition) is 4. The summed E-state index contributed by atoms with van der Waals surface area (Å²) in [7, 11) is 0. The van der Waals surface area contributed by atoms with Crippen LogP contribution in [0.2, 0.25) is 0 Å². The highest BCUT2D eigenvalue weighted by Gasteiger charge is 2.32. The van der Waals surface area contributed by atoms with Gasteiger partial charge in [-0.2, -0.15) is 0 Å². The van der Waals surface area contributed by atoms with E-state index < -0.39 is 23.1 Å². The minimum absolute atomic E-state index is 0.273. The van der Waals surface area contributed by atoms with Gasteiger partial charge in [-0.1, -0.05) is 182 Å². The fourth-order valence-corrected chi connectivity index (χ4v) is 7.02. The molecule has 280 valence electrons. The van der Waals surface area contributed by atoms with E-state index in [1.54, 1.807) is 0 Å². The molecule has 0 saturated heterocycles. The van der Waals surface area contributed by atoms with Crippen LogP contribution in [0.25, 0.3) is 0 Å². The highest BCUT2D eigenvalue weighted by atomic mass is 16.6. The number of unbranched alkanes of at least 4 members (excludes halogenated alkanes) is 24. The first-order valence-electron chi connectivity index (χ1n) is 21.2. The van der Waals surface area contributed by atoms with Crippen LogP contribution >= 0.6 is 0 Å². The fourth-order valence-electron chi connectivity index (χ4n) is 7.02. The fraction of sp³-hybridized carbons (Fsp3) is 0.953. The number of esters is 2. The molecule has 0 bridgehead atoms. The summed E-state index contributed by atoms with van der Waals surface area (Å²) in [6.45, 7) is 13.2. The maximum absolute atomic E-state index is 13.1. The van der Waals surface area contributed by atoms with Crippen molar-refractivity contribution in [2.75, 3.05) is 0 Å². The predicted octanol–water partition coefficient (Wildman–Crippen LogP) is 14.5. The summed E-state index contributed by atoms with van der Waals surface area (Å²) in [6.07, 6.45) is 38.4. The average Bonchev–Trinajstić information content (AvgIpc) is 3.03. The highest BCUT2D eigenvalue weighted by Crippen LogP contribution is 2.30. The molecule has 0 aliphatic heterocycles. The molecule has 0 radical (unpaired) electrons. The number of rotatable bonds is 36. The standard InChI is InChI=1S/C43H84O4/c1-7-11-15-19-21-23-25-27-29-33-37-42(5,35-31-17-13-9-3)46-40(44)39-41(45)47-43(6,36-32-18-14-10-4)38-34-30-28-26-24-22-20-16-12-8-2/h7-39H2,1-6H3. The molecule has 0 saturated carbocycles. The lowest BCUT2D eigenvalue weighted by atomic mass is 9.91. The first-order chi connectivity index (χ1) is 22.7. The molecule has 0 aromatic carbocycles. The zero-order valence-corrected chi connectivity index (χ0v) is 33.0. The second kappa shape index (κ2) is 32.2. The average molecular weight is 665 g/mol. The van der Waals surface area contributed by atoms with Gasteiger partial charge in [0, 0.05) is 0 Å². The summed E-state index contributed by atoms with van der Waals surface area (Å²) in [5.74, 6) is -0.820. The maximum atomic E-state index is 13.1. The Morgan fingerprint density at radius 3 is 0.766 bits per heavy atom. The van der Waals surface area contributed by atoms with Crippen molar-refractivity contribution in [3.05, 3.63) is 0 Å². The lowest BCUT2D eigenvalue weighted by Gasteiger charge is -2.32. The van der Waals surface area contributed by atoms with Gasteiger partial charge in [-0.05, 0) is 65.2 Å². The molecule has 0 rings (SSSR count). The summed E-state index contributed by atoms with van der Waals surface area (Å²) in [6, 6.07) is 0. The van der Waals surface area contributed by atoms with E-state index in [0.29, 0.717) is 0 Å². The molecular formula is C43H84O4. The van der Waals surface area contributed by atoms with Crippen LogP contribution in [-0.2, 0) is 19.1 Å². The molecule has 0 aromatic rings. The third-order valence-corrected chi connectivity index (χ3v) is 10.2. The minimum atomic E-state index is -0.495. The number of hydrogen-bond donors (Lipinski definition) is 0. The van der Waals surface area contributed by atoms with Gasteiger partial charge in [-0.3, -0.25) is 9.59 Å². The quantitative estimate of drug-likeness (QED) is 0.0380. The van der Waals surface area contributed by atoms with Gasteiger partial charge in [0.15, 0.2) is 0 Å². The number of carbonyl (C=O) groups is 2. The topological polar surface area (TPSA) is 52.6 Å². The van der Waals surface area contributed by atoms with E-state index in [0.717, 1.165) is 51.4 Å². The van der Waals surface area contributed by atoms with Crippen molar-refractivity contribution >= 4 is 11.9 Å². The Balaban J connectivity index is 4.82. The van der Waals surface area contributed by atoms with Crippen LogP contribution in [0.1, 0.15) is 253 Å². The second-order valence-electron chi connectivity index (χ2n) is 15.5. The smallest absolute Gasteiger partial charge is 0.317 e. The Labute approximate surface area is 295 Å². The van der Waals surface area contributed by atoms with Crippen LogP contribution in [0, 0.1) is 0 Å². The maximum Gasteiger partial charge on any atom is 0.317 e. The van der Waals surface area contributed by atoms with Crippen molar-refractivity contribution in [1.29, 1.82) is 0 Å². The molecule has 0 aliphatic rings. The van der Waals surface area contributed by atoms with Gasteiger partial charge in [-0.25, -0.2) is 0 Å². The van der Waals surface area contributed by atoms with Gasteiger partial charge in [0.1, 0.15) is 17.6 Å². The first kappa shape index (κ1) is 45.9. The van der Waals surface area contributed by atoms with E-state index in [1.165, 1.54) is 154 Å². The first-order valence-corrected chi connectivity index (χ1v) is 21.2. The molecule has 0 aliphatic carbocycles. The Morgan fingerprint density at radius 1 is 0.340 bits per heavy atom. The molecule has 2 atom stereocenters. The summed E-state index contributed by atoms with van der Waals surface area (Å²) < 4.78 is 12.3. The monoisotopic (exact) mass is 665 g/mol. The summed E-state index contributed by atoms with van der Waals surface area (Å²) in [5, 5.41) is 0. The molecule has 0 fully saturated rings. The van der Waals surface area contributed by atoms with Crippen molar-refractivity contribution in [3.63, 3.8) is 0 Å². The largest absolute Gasteiger partial charge is 0.459 e. The number of ether oxygens (including phenoxy) is 2. The van der Waals surface area contributed by atoms with Crippen LogP contribution in [0.5, 0.6) is 0 Å². The highest BCUT2D eigenvalue weighted by molar-refractivity contribution is 5.91. The van der Waals surface area contributed by atoms with Crippen LogP contribution in [0.15, 0.2) is 0 Å².